The molecule has 0 saturated heterocycles. The summed E-state index contributed by atoms with van der Waals surface area (Å²) in [4.78, 5) is 12.5. The van der Waals surface area contributed by atoms with Crippen LogP contribution < -0.4 is 16.2 Å². The highest BCUT2D eigenvalue weighted by Gasteiger charge is 2.15. The van der Waals surface area contributed by atoms with Crippen molar-refractivity contribution in [2.45, 2.75) is 44.7 Å². The summed E-state index contributed by atoms with van der Waals surface area (Å²) in [6, 6.07) is 16.7. The van der Waals surface area contributed by atoms with Gasteiger partial charge in [0.2, 0.25) is 0 Å². The minimum atomic E-state index is -0.130. The number of fused-ring (bicyclic) bond motifs is 3. The molecule has 1 heterocycles. The van der Waals surface area contributed by atoms with Crippen molar-refractivity contribution in [2.75, 3.05) is 0 Å². The Hall–Kier alpha value is -2.60. The molecule has 0 radical (unpaired) electrons. The molecule has 5 nitrogen and oxygen atoms in total. The molecule has 27 heavy (non-hydrogen) atoms. The van der Waals surface area contributed by atoms with Crippen molar-refractivity contribution in [1.82, 2.24) is 20.7 Å². The summed E-state index contributed by atoms with van der Waals surface area (Å²) in [5.41, 5.74) is 7.68. The van der Waals surface area contributed by atoms with Gasteiger partial charge in [-0.3, -0.25) is 15.6 Å². The lowest BCUT2D eigenvalue weighted by atomic mass is 9.96. The molecule has 2 aromatic carbocycles. The van der Waals surface area contributed by atoms with Crippen LogP contribution in [0.3, 0.4) is 0 Å². The van der Waals surface area contributed by atoms with Gasteiger partial charge in [-0.15, -0.1) is 0 Å². The van der Waals surface area contributed by atoms with Gasteiger partial charge in [-0.1, -0.05) is 55.7 Å². The number of rotatable bonds is 3. The van der Waals surface area contributed by atoms with Gasteiger partial charge in [0.15, 0.2) is 5.11 Å². The van der Waals surface area contributed by atoms with E-state index in [1.165, 1.54) is 19.3 Å². The van der Waals surface area contributed by atoms with Crippen LogP contribution in [0.2, 0.25) is 0 Å². The number of hydrogen-bond acceptors (Lipinski definition) is 2. The highest BCUT2D eigenvalue weighted by Crippen LogP contribution is 2.28. The molecule has 1 aliphatic carbocycles. The van der Waals surface area contributed by atoms with E-state index >= 15 is 0 Å². The predicted octanol–water partition coefficient (Wildman–Crippen LogP) is 3.62. The Morgan fingerprint density at radius 3 is 2.15 bits per heavy atom. The summed E-state index contributed by atoms with van der Waals surface area (Å²) >= 11 is 5.31. The van der Waals surface area contributed by atoms with E-state index in [0.717, 1.165) is 34.6 Å². The fourth-order valence-corrected chi connectivity index (χ4v) is 4.17. The lowest BCUT2D eigenvalue weighted by Crippen LogP contribution is -2.50. The van der Waals surface area contributed by atoms with Gasteiger partial charge in [-0.25, -0.2) is 0 Å². The second-order valence-electron chi connectivity index (χ2n) is 7.10. The molecule has 0 spiro atoms. The molecular weight excluding hydrogens is 356 g/mol. The maximum Gasteiger partial charge on any atom is 0.258 e. The van der Waals surface area contributed by atoms with Gasteiger partial charge >= 0.3 is 0 Å². The molecule has 1 aromatic heterocycles. The largest absolute Gasteiger partial charge is 0.359 e. The van der Waals surface area contributed by atoms with Gasteiger partial charge in [0.25, 0.3) is 5.91 Å². The SMILES string of the molecule is O=C(Cn1c2ccccc2c2ccccc21)NNC(=S)NC1CCCCC1. The van der Waals surface area contributed by atoms with Crippen LogP contribution in [-0.4, -0.2) is 21.6 Å². The van der Waals surface area contributed by atoms with Crippen LogP contribution in [0.4, 0.5) is 0 Å². The molecule has 0 aliphatic heterocycles. The molecule has 4 rings (SSSR count). The number of amides is 1. The van der Waals surface area contributed by atoms with Gasteiger partial charge in [0, 0.05) is 27.8 Å². The van der Waals surface area contributed by atoms with E-state index in [2.05, 4.69) is 28.3 Å². The van der Waals surface area contributed by atoms with Crippen LogP contribution in [0.1, 0.15) is 32.1 Å². The summed E-state index contributed by atoms with van der Waals surface area (Å²) in [6.07, 6.45) is 6.04. The Balaban J connectivity index is 1.42. The monoisotopic (exact) mass is 380 g/mol. The van der Waals surface area contributed by atoms with Crippen molar-refractivity contribution < 1.29 is 4.79 Å². The zero-order valence-corrected chi connectivity index (χ0v) is 16.0. The number of benzene rings is 2. The fourth-order valence-electron chi connectivity index (χ4n) is 3.95. The third kappa shape index (κ3) is 3.90. The van der Waals surface area contributed by atoms with Gasteiger partial charge in [0.1, 0.15) is 6.54 Å². The molecule has 1 fully saturated rings. The Morgan fingerprint density at radius 2 is 1.52 bits per heavy atom. The topological polar surface area (TPSA) is 58.1 Å². The molecule has 6 heteroatoms. The minimum absolute atomic E-state index is 0.130. The van der Waals surface area contributed by atoms with Crippen LogP contribution in [-0.2, 0) is 11.3 Å². The van der Waals surface area contributed by atoms with E-state index in [1.807, 2.05) is 41.0 Å². The zero-order valence-electron chi connectivity index (χ0n) is 15.2. The molecule has 0 bridgehead atoms. The lowest BCUT2D eigenvalue weighted by molar-refractivity contribution is -0.122. The first kappa shape index (κ1) is 17.8. The highest BCUT2D eigenvalue weighted by atomic mass is 32.1. The van der Waals surface area contributed by atoms with Crippen molar-refractivity contribution in [3.05, 3.63) is 48.5 Å². The van der Waals surface area contributed by atoms with Crippen LogP contribution in [0.15, 0.2) is 48.5 Å². The molecule has 0 atom stereocenters. The third-order valence-corrected chi connectivity index (χ3v) is 5.46. The number of nitrogens with one attached hydrogen (secondary N) is 3. The molecule has 3 N–H and O–H groups in total. The second kappa shape index (κ2) is 7.96. The molecular formula is C21H24N4OS. The molecule has 1 aliphatic rings. The number of hydrazine groups is 1. The van der Waals surface area contributed by atoms with Crippen LogP contribution in [0.5, 0.6) is 0 Å². The second-order valence-corrected chi connectivity index (χ2v) is 7.51. The molecule has 140 valence electrons. The third-order valence-electron chi connectivity index (χ3n) is 5.24. The normalized spacial score (nSPS) is 15.0. The maximum atomic E-state index is 12.5. The average molecular weight is 381 g/mol. The first-order valence-corrected chi connectivity index (χ1v) is 9.94. The van der Waals surface area contributed by atoms with E-state index in [4.69, 9.17) is 12.2 Å². The Morgan fingerprint density at radius 1 is 0.926 bits per heavy atom. The Bertz CT molecular complexity index is 921. The molecule has 1 amide bonds. The van der Waals surface area contributed by atoms with E-state index in [0.29, 0.717) is 11.2 Å². The average Bonchev–Trinajstić information content (AvgIpc) is 3.01. The van der Waals surface area contributed by atoms with Crippen molar-refractivity contribution >= 4 is 45.0 Å². The first-order chi connectivity index (χ1) is 13.2. The van der Waals surface area contributed by atoms with Crippen LogP contribution in [0, 0.1) is 0 Å². The van der Waals surface area contributed by atoms with Gasteiger partial charge < -0.3 is 9.88 Å². The molecule has 3 aromatic rings. The summed E-state index contributed by atoms with van der Waals surface area (Å²) in [7, 11) is 0. The van der Waals surface area contributed by atoms with E-state index in [1.54, 1.807) is 0 Å². The van der Waals surface area contributed by atoms with Crippen LogP contribution in [0.25, 0.3) is 21.8 Å². The molecule has 0 unspecified atom stereocenters. The van der Waals surface area contributed by atoms with Gasteiger partial charge in [-0.05, 0) is 37.2 Å². The van der Waals surface area contributed by atoms with Gasteiger partial charge in [0.05, 0.1) is 0 Å². The van der Waals surface area contributed by atoms with E-state index in [9.17, 15) is 4.79 Å². The quantitative estimate of drug-likeness (QED) is 0.480. The Labute approximate surface area is 164 Å². The first-order valence-electron chi connectivity index (χ1n) is 9.54. The number of carbonyl (C=O) groups excluding carboxylic acids is 1. The van der Waals surface area contributed by atoms with E-state index in [-0.39, 0.29) is 12.5 Å². The predicted molar refractivity (Wildman–Crippen MR) is 113 cm³/mol. The smallest absolute Gasteiger partial charge is 0.258 e. The van der Waals surface area contributed by atoms with E-state index < -0.39 is 0 Å². The number of carbonyl (C=O) groups is 1. The number of aromatic nitrogens is 1. The summed E-state index contributed by atoms with van der Waals surface area (Å²) in [5, 5.41) is 6.09. The standard InChI is InChI=1S/C21H24N4OS/c26-20(23-24-21(27)22-15-8-2-1-3-9-15)14-25-18-12-6-4-10-16(18)17-11-5-7-13-19(17)25/h4-7,10-13,15H,1-3,8-9,14H2,(H,23,26)(H2,22,24,27). The summed E-state index contributed by atoms with van der Waals surface area (Å²) in [6.45, 7) is 0.229. The maximum absolute atomic E-state index is 12.5. The van der Waals surface area contributed by atoms with Crippen molar-refractivity contribution in [3.8, 4) is 0 Å². The fraction of sp³-hybridized carbons (Fsp3) is 0.333. The zero-order chi connectivity index (χ0) is 18.6. The van der Waals surface area contributed by atoms with Crippen molar-refractivity contribution in [2.24, 2.45) is 0 Å². The Kier molecular flexibility index (Phi) is 5.25. The van der Waals surface area contributed by atoms with Crippen molar-refractivity contribution in [1.29, 1.82) is 0 Å². The lowest BCUT2D eigenvalue weighted by Gasteiger charge is -2.24. The van der Waals surface area contributed by atoms with Crippen LogP contribution >= 0.6 is 12.2 Å². The van der Waals surface area contributed by atoms with Gasteiger partial charge in [-0.2, -0.15) is 0 Å². The number of nitrogens with zero attached hydrogens (tertiary/aromatic N) is 1. The summed E-state index contributed by atoms with van der Waals surface area (Å²) < 4.78 is 2.04. The van der Waals surface area contributed by atoms with Crippen molar-refractivity contribution in [3.63, 3.8) is 0 Å². The highest BCUT2D eigenvalue weighted by molar-refractivity contribution is 7.80. The number of hydrogen-bond donors (Lipinski definition) is 3. The minimum Gasteiger partial charge on any atom is -0.359 e. The molecule has 1 saturated carbocycles. The number of para-hydroxylation sites is 2. The summed E-state index contributed by atoms with van der Waals surface area (Å²) in [5.74, 6) is -0.130. The number of thiocarbonyl (C=S) groups is 1.